The van der Waals surface area contributed by atoms with E-state index in [1.54, 1.807) is 0 Å². The Labute approximate surface area is 120 Å². The van der Waals surface area contributed by atoms with Gasteiger partial charge in [0, 0.05) is 12.2 Å². The number of hydrogen-bond donors (Lipinski definition) is 0. The molecule has 2 aliphatic carbocycles. The topological polar surface area (TPSA) is 26.3 Å². The van der Waals surface area contributed by atoms with E-state index in [0.29, 0.717) is 12.8 Å². The number of hydrogen-bond acceptors (Lipinski definition) is 2. The minimum Gasteiger partial charge on any atom is -0.493 e. The van der Waals surface area contributed by atoms with Crippen LogP contribution in [-0.2, 0) is 9.53 Å². The average Bonchev–Trinajstić information content (AvgIpc) is 2.42. The second-order valence-corrected chi connectivity index (χ2v) is 5.77. The van der Waals surface area contributed by atoms with Crippen molar-refractivity contribution in [3.05, 3.63) is 23.7 Å². The van der Waals surface area contributed by atoms with Gasteiger partial charge in [-0.15, -0.1) is 0 Å². The molecule has 0 radical (unpaired) electrons. The van der Waals surface area contributed by atoms with E-state index < -0.39 is 23.8 Å². The Balaban J connectivity index is 1.81. The Hall–Kier alpha value is -1.33. The highest BCUT2D eigenvalue weighted by Gasteiger charge is 2.41. The zero-order valence-corrected chi connectivity index (χ0v) is 11.8. The maximum absolute atomic E-state index is 13.4. The monoisotopic (exact) mass is 306 g/mol. The zero-order valence-electron chi connectivity index (χ0n) is 11.8. The molecule has 0 heterocycles. The lowest BCUT2D eigenvalue weighted by Crippen LogP contribution is -2.29. The number of ketones is 1. The molecule has 1 unspecified atom stereocenters. The molecule has 1 saturated carbocycles. The van der Waals surface area contributed by atoms with Crippen LogP contribution in [0.1, 0.15) is 32.6 Å². The largest absolute Gasteiger partial charge is 0.493 e. The minimum atomic E-state index is -4.12. The molecule has 0 saturated heterocycles. The number of carbonyl (C=O) groups is 1. The first-order valence-electron chi connectivity index (χ1n) is 7.09. The molecule has 0 aromatic rings. The van der Waals surface area contributed by atoms with Crippen molar-refractivity contribution in [2.75, 3.05) is 6.61 Å². The quantitative estimate of drug-likeness (QED) is 0.726. The summed E-state index contributed by atoms with van der Waals surface area (Å²) in [6, 6.07) is 0. The molecule has 21 heavy (non-hydrogen) atoms. The Morgan fingerprint density at radius 1 is 1.19 bits per heavy atom. The number of alkyl halides is 3. The molecule has 0 spiro atoms. The molecular formula is C15H18F4O2. The van der Waals surface area contributed by atoms with Crippen LogP contribution >= 0.6 is 0 Å². The third-order valence-electron chi connectivity index (χ3n) is 4.20. The van der Waals surface area contributed by atoms with Crippen LogP contribution in [0.2, 0.25) is 0 Å². The van der Waals surface area contributed by atoms with Crippen LogP contribution in [0.5, 0.6) is 0 Å². The van der Waals surface area contributed by atoms with Crippen LogP contribution in [-0.4, -0.2) is 18.6 Å². The molecule has 2 nitrogen and oxygen atoms in total. The van der Waals surface area contributed by atoms with Gasteiger partial charge in [0.05, 0.1) is 18.4 Å². The van der Waals surface area contributed by atoms with Gasteiger partial charge >= 0.3 is 6.18 Å². The van der Waals surface area contributed by atoms with Crippen LogP contribution in [0, 0.1) is 17.8 Å². The Kier molecular flexibility index (Phi) is 4.74. The Morgan fingerprint density at radius 3 is 2.33 bits per heavy atom. The minimum absolute atomic E-state index is 0.0235. The summed E-state index contributed by atoms with van der Waals surface area (Å²) in [5, 5.41) is 0. The molecule has 0 aromatic carbocycles. The lowest BCUT2D eigenvalue weighted by atomic mass is 9.82. The van der Waals surface area contributed by atoms with E-state index in [2.05, 4.69) is 0 Å². The molecule has 6 heteroatoms. The molecule has 0 amide bonds. The van der Waals surface area contributed by atoms with E-state index in [1.165, 1.54) is 19.1 Å². The predicted octanol–water partition coefficient (Wildman–Crippen LogP) is 4.33. The van der Waals surface area contributed by atoms with Gasteiger partial charge < -0.3 is 4.74 Å². The fraction of sp³-hybridized carbons (Fsp3) is 0.667. The molecule has 2 aliphatic rings. The summed E-state index contributed by atoms with van der Waals surface area (Å²) in [5.74, 6) is -2.71. The molecular weight excluding hydrogens is 288 g/mol. The van der Waals surface area contributed by atoms with Gasteiger partial charge in [-0.3, -0.25) is 4.79 Å². The Morgan fingerprint density at radius 2 is 1.81 bits per heavy atom. The van der Waals surface area contributed by atoms with Crippen LogP contribution in [0.3, 0.4) is 0 Å². The van der Waals surface area contributed by atoms with Gasteiger partial charge in [-0.1, -0.05) is 0 Å². The number of ether oxygens (including phenoxy) is 1. The van der Waals surface area contributed by atoms with Crippen molar-refractivity contribution < 1.29 is 27.1 Å². The zero-order chi connectivity index (χ0) is 15.6. The molecule has 0 N–H and O–H groups in total. The number of rotatable bonds is 3. The highest BCUT2D eigenvalue weighted by Crippen LogP contribution is 2.39. The normalized spacial score (nSPS) is 30.7. The van der Waals surface area contributed by atoms with E-state index >= 15 is 0 Å². The summed E-state index contributed by atoms with van der Waals surface area (Å²) in [7, 11) is 0. The second-order valence-electron chi connectivity index (χ2n) is 5.77. The number of halogens is 4. The van der Waals surface area contributed by atoms with E-state index in [9.17, 15) is 22.4 Å². The van der Waals surface area contributed by atoms with Crippen molar-refractivity contribution in [1.82, 2.24) is 0 Å². The molecule has 1 atom stereocenters. The van der Waals surface area contributed by atoms with Crippen molar-refractivity contribution in [2.45, 2.75) is 38.8 Å². The van der Waals surface area contributed by atoms with Crippen LogP contribution < -0.4 is 0 Å². The van der Waals surface area contributed by atoms with E-state index in [-0.39, 0.29) is 36.9 Å². The SMILES string of the molecule is CC1C(=O)C=C(OC[C@H]2CC[C@@H](C(F)(F)F)CC2)C=C1F. The maximum atomic E-state index is 13.4. The summed E-state index contributed by atoms with van der Waals surface area (Å²) in [6.45, 7) is 1.70. The number of carbonyl (C=O) groups excluding carboxylic acids is 1. The van der Waals surface area contributed by atoms with Gasteiger partial charge in [0.1, 0.15) is 11.6 Å². The Bertz CT molecular complexity index is 457. The smallest absolute Gasteiger partial charge is 0.391 e. The van der Waals surface area contributed by atoms with Gasteiger partial charge in [0.15, 0.2) is 5.78 Å². The van der Waals surface area contributed by atoms with Crippen molar-refractivity contribution in [3.8, 4) is 0 Å². The second kappa shape index (κ2) is 6.20. The van der Waals surface area contributed by atoms with Crippen molar-refractivity contribution in [3.63, 3.8) is 0 Å². The van der Waals surface area contributed by atoms with Crippen molar-refractivity contribution >= 4 is 5.78 Å². The lowest BCUT2D eigenvalue weighted by molar-refractivity contribution is -0.184. The summed E-state index contributed by atoms with van der Waals surface area (Å²) in [4.78, 5) is 11.5. The molecule has 118 valence electrons. The summed E-state index contributed by atoms with van der Waals surface area (Å²) in [6.07, 6.45) is -0.607. The van der Waals surface area contributed by atoms with E-state index in [1.807, 2.05) is 0 Å². The van der Waals surface area contributed by atoms with E-state index in [0.717, 1.165) is 0 Å². The van der Waals surface area contributed by atoms with Crippen LogP contribution in [0.25, 0.3) is 0 Å². The fourth-order valence-electron chi connectivity index (χ4n) is 2.66. The molecule has 0 aromatic heterocycles. The van der Waals surface area contributed by atoms with Gasteiger partial charge in [0.25, 0.3) is 0 Å². The highest BCUT2D eigenvalue weighted by atomic mass is 19.4. The maximum Gasteiger partial charge on any atom is 0.391 e. The van der Waals surface area contributed by atoms with Crippen molar-refractivity contribution in [2.24, 2.45) is 17.8 Å². The van der Waals surface area contributed by atoms with Gasteiger partial charge in [-0.25, -0.2) is 4.39 Å². The molecule has 2 rings (SSSR count). The van der Waals surface area contributed by atoms with Crippen molar-refractivity contribution in [1.29, 1.82) is 0 Å². The third-order valence-corrected chi connectivity index (χ3v) is 4.20. The predicted molar refractivity (Wildman–Crippen MR) is 68.9 cm³/mol. The molecule has 0 bridgehead atoms. The van der Waals surface area contributed by atoms with Crippen LogP contribution in [0.4, 0.5) is 17.6 Å². The first-order valence-corrected chi connectivity index (χ1v) is 7.09. The third kappa shape index (κ3) is 4.08. The lowest BCUT2D eigenvalue weighted by Gasteiger charge is -2.30. The number of allylic oxidation sites excluding steroid dienone is 3. The summed E-state index contributed by atoms with van der Waals surface area (Å²) >= 11 is 0. The molecule has 0 aliphatic heterocycles. The first-order chi connectivity index (χ1) is 9.77. The summed E-state index contributed by atoms with van der Waals surface area (Å²) in [5.41, 5.74) is 0. The standard InChI is InChI=1S/C15H18F4O2/c1-9-13(16)6-12(7-14(9)20)21-8-10-2-4-11(5-3-10)15(17,18)19/h6-7,9-11H,2-5,8H2,1H3/t9?,10-,11+. The fourth-order valence-corrected chi connectivity index (χ4v) is 2.66. The summed E-state index contributed by atoms with van der Waals surface area (Å²) < 4.78 is 56.4. The molecule has 1 fully saturated rings. The van der Waals surface area contributed by atoms with E-state index in [4.69, 9.17) is 4.74 Å². The first kappa shape index (κ1) is 16.0. The van der Waals surface area contributed by atoms with Gasteiger partial charge in [-0.05, 0) is 38.5 Å². The van der Waals surface area contributed by atoms with Gasteiger partial charge in [-0.2, -0.15) is 13.2 Å². The van der Waals surface area contributed by atoms with Crippen LogP contribution in [0.15, 0.2) is 23.7 Å². The highest BCUT2D eigenvalue weighted by molar-refractivity contribution is 5.95. The average molecular weight is 306 g/mol. The van der Waals surface area contributed by atoms with Gasteiger partial charge in [0.2, 0.25) is 0 Å².